The summed E-state index contributed by atoms with van der Waals surface area (Å²) in [5.74, 6) is 2.08. The Morgan fingerprint density at radius 1 is 1.28 bits per heavy atom. The van der Waals surface area contributed by atoms with Crippen LogP contribution in [0.15, 0.2) is 52.1 Å². The fourth-order valence-corrected chi connectivity index (χ4v) is 3.20. The molecule has 0 aliphatic carbocycles. The molecule has 1 aromatic heterocycles. The van der Waals surface area contributed by atoms with E-state index in [9.17, 15) is 4.79 Å². The van der Waals surface area contributed by atoms with Gasteiger partial charge in [0.05, 0.1) is 32.1 Å². The molecule has 1 aliphatic heterocycles. The van der Waals surface area contributed by atoms with Gasteiger partial charge in [-0.2, -0.15) is 0 Å². The summed E-state index contributed by atoms with van der Waals surface area (Å²) in [7, 11) is 3.39. The topological polar surface area (TPSA) is 91.1 Å². The van der Waals surface area contributed by atoms with Crippen molar-refractivity contribution in [3.8, 4) is 5.75 Å². The number of para-hydroxylation sites is 2. The molecule has 1 atom stereocenters. The molecular formula is C20H28IN5O3. The molecule has 0 saturated carbocycles. The predicted molar refractivity (Wildman–Crippen MR) is 124 cm³/mol. The molecule has 1 unspecified atom stereocenters. The molecule has 2 heterocycles. The molecule has 0 radical (unpaired) electrons. The highest BCUT2D eigenvalue weighted by Crippen LogP contribution is 2.30. The number of furan rings is 1. The van der Waals surface area contributed by atoms with Gasteiger partial charge in [-0.05, 0) is 30.7 Å². The Kier molecular flexibility index (Phi) is 9.10. The predicted octanol–water partition coefficient (Wildman–Crippen LogP) is 1.97. The van der Waals surface area contributed by atoms with Crippen LogP contribution in [-0.2, 0) is 11.3 Å². The highest BCUT2D eigenvalue weighted by molar-refractivity contribution is 14.0. The van der Waals surface area contributed by atoms with Gasteiger partial charge >= 0.3 is 0 Å². The van der Waals surface area contributed by atoms with Gasteiger partial charge in [-0.25, -0.2) is 0 Å². The minimum absolute atomic E-state index is 0. The van der Waals surface area contributed by atoms with E-state index in [1.54, 1.807) is 26.5 Å². The molecule has 29 heavy (non-hydrogen) atoms. The van der Waals surface area contributed by atoms with Gasteiger partial charge in [0.2, 0.25) is 5.91 Å². The van der Waals surface area contributed by atoms with Crippen molar-refractivity contribution < 1.29 is 13.9 Å². The van der Waals surface area contributed by atoms with Gasteiger partial charge < -0.3 is 30.0 Å². The third kappa shape index (κ3) is 6.55. The molecule has 0 bridgehead atoms. The van der Waals surface area contributed by atoms with Gasteiger partial charge in [0.15, 0.2) is 5.96 Å². The lowest BCUT2D eigenvalue weighted by Gasteiger charge is -2.22. The number of rotatable bonds is 7. The summed E-state index contributed by atoms with van der Waals surface area (Å²) in [4.78, 5) is 18.5. The third-order valence-electron chi connectivity index (χ3n) is 4.63. The van der Waals surface area contributed by atoms with Gasteiger partial charge in [0.1, 0.15) is 11.5 Å². The monoisotopic (exact) mass is 513 g/mol. The van der Waals surface area contributed by atoms with E-state index < -0.39 is 0 Å². The Morgan fingerprint density at radius 2 is 2.10 bits per heavy atom. The smallest absolute Gasteiger partial charge is 0.239 e. The Bertz CT molecular complexity index is 797. The van der Waals surface area contributed by atoms with Crippen LogP contribution in [0.4, 0.5) is 5.69 Å². The van der Waals surface area contributed by atoms with Gasteiger partial charge in [-0.1, -0.05) is 12.1 Å². The maximum absolute atomic E-state index is 12.0. The van der Waals surface area contributed by atoms with Gasteiger partial charge in [-0.15, -0.1) is 24.0 Å². The molecule has 8 nitrogen and oxygen atoms in total. The average Bonchev–Trinajstić information content (AvgIpc) is 3.41. The van der Waals surface area contributed by atoms with Gasteiger partial charge in [0.25, 0.3) is 0 Å². The number of hydrogen-bond acceptors (Lipinski definition) is 5. The number of nitrogens with one attached hydrogen (secondary N) is 3. The fraction of sp³-hybridized carbons (Fsp3) is 0.400. The second-order valence-electron chi connectivity index (χ2n) is 6.53. The lowest BCUT2D eigenvalue weighted by Crippen LogP contribution is -2.47. The number of methoxy groups -OCH3 is 1. The Hall–Kier alpha value is -2.43. The van der Waals surface area contributed by atoms with Crippen LogP contribution in [-0.4, -0.2) is 51.7 Å². The highest BCUT2D eigenvalue weighted by Gasteiger charge is 2.25. The first kappa shape index (κ1) is 22.9. The zero-order chi connectivity index (χ0) is 19.8. The number of guanidine groups is 1. The first-order chi connectivity index (χ1) is 13.7. The largest absolute Gasteiger partial charge is 0.495 e. The Labute approximate surface area is 188 Å². The quantitative estimate of drug-likeness (QED) is 0.298. The summed E-state index contributed by atoms with van der Waals surface area (Å²) in [6.07, 6.45) is 2.56. The molecule has 1 saturated heterocycles. The fourth-order valence-electron chi connectivity index (χ4n) is 3.20. The summed E-state index contributed by atoms with van der Waals surface area (Å²) < 4.78 is 10.7. The van der Waals surface area contributed by atoms with Crippen LogP contribution in [0.2, 0.25) is 0 Å². The molecule has 1 aromatic carbocycles. The Morgan fingerprint density at radius 3 is 2.83 bits per heavy atom. The van der Waals surface area contributed by atoms with E-state index in [2.05, 4.69) is 31.9 Å². The molecule has 1 aliphatic rings. The number of anilines is 1. The zero-order valence-corrected chi connectivity index (χ0v) is 19.0. The normalized spacial score (nSPS) is 16.1. The van der Waals surface area contributed by atoms with Gasteiger partial charge in [0, 0.05) is 26.2 Å². The minimum atomic E-state index is -0.124. The van der Waals surface area contributed by atoms with E-state index in [4.69, 9.17) is 9.15 Å². The lowest BCUT2D eigenvalue weighted by atomic mass is 10.2. The molecule has 158 valence electrons. The molecule has 1 fully saturated rings. The molecular weight excluding hydrogens is 485 g/mol. The number of halogens is 1. The second kappa shape index (κ2) is 11.5. The van der Waals surface area contributed by atoms with Crippen molar-refractivity contribution in [3.05, 3.63) is 48.4 Å². The molecule has 0 spiro atoms. The number of benzene rings is 1. The van der Waals surface area contributed by atoms with Crippen molar-refractivity contribution in [1.29, 1.82) is 0 Å². The second-order valence-corrected chi connectivity index (χ2v) is 6.53. The Balaban J connectivity index is 0.00000300. The van der Waals surface area contributed by atoms with E-state index in [-0.39, 0.29) is 42.5 Å². The first-order valence-electron chi connectivity index (χ1n) is 9.34. The van der Waals surface area contributed by atoms with E-state index in [1.807, 2.05) is 24.3 Å². The first-order valence-corrected chi connectivity index (χ1v) is 9.34. The summed E-state index contributed by atoms with van der Waals surface area (Å²) in [6, 6.07) is 11.9. The third-order valence-corrected chi connectivity index (χ3v) is 4.63. The van der Waals surface area contributed by atoms with Crippen LogP contribution in [0.25, 0.3) is 0 Å². The van der Waals surface area contributed by atoms with Crippen molar-refractivity contribution in [2.75, 3.05) is 38.7 Å². The van der Waals surface area contributed by atoms with Crippen LogP contribution < -0.4 is 25.6 Å². The number of carbonyl (C=O) groups is 1. The lowest BCUT2D eigenvalue weighted by molar-refractivity contribution is -0.120. The average molecular weight is 513 g/mol. The molecule has 2 aromatic rings. The number of aliphatic imine (C=N–C) groups is 1. The highest BCUT2D eigenvalue weighted by atomic mass is 127. The maximum Gasteiger partial charge on any atom is 0.239 e. The van der Waals surface area contributed by atoms with Crippen molar-refractivity contribution in [2.45, 2.75) is 19.0 Å². The van der Waals surface area contributed by atoms with Gasteiger partial charge in [-0.3, -0.25) is 9.79 Å². The maximum atomic E-state index is 12.0. The van der Waals surface area contributed by atoms with Crippen molar-refractivity contribution in [3.63, 3.8) is 0 Å². The van der Waals surface area contributed by atoms with E-state index in [1.165, 1.54) is 0 Å². The number of ether oxygens (including phenoxy) is 1. The summed E-state index contributed by atoms with van der Waals surface area (Å²) >= 11 is 0. The van der Waals surface area contributed by atoms with Crippen molar-refractivity contribution >= 4 is 41.5 Å². The van der Waals surface area contributed by atoms with Crippen molar-refractivity contribution in [1.82, 2.24) is 16.0 Å². The SMILES string of the molecule is CN=C(NCC(=O)NCc1ccco1)NC1CCN(c2ccccc2OC)C1.I. The van der Waals surface area contributed by atoms with Crippen LogP contribution >= 0.6 is 24.0 Å². The zero-order valence-electron chi connectivity index (χ0n) is 16.7. The summed E-state index contributed by atoms with van der Waals surface area (Å²) in [5.41, 5.74) is 1.09. The number of amides is 1. The van der Waals surface area contributed by atoms with E-state index in [0.29, 0.717) is 12.5 Å². The van der Waals surface area contributed by atoms with E-state index in [0.717, 1.165) is 36.7 Å². The van der Waals surface area contributed by atoms with Crippen LogP contribution in [0.3, 0.4) is 0 Å². The summed E-state index contributed by atoms with van der Waals surface area (Å²) in [6.45, 7) is 2.28. The minimum Gasteiger partial charge on any atom is -0.495 e. The van der Waals surface area contributed by atoms with Crippen LogP contribution in [0.5, 0.6) is 5.75 Å². The molecule has 9 heteroatoms. The van der Waals surface area contributed by atoms with Crippen molar-refractivity contribution in [2.24, 2.45) is 4.99 Å². The van der Waals surface area contributed by atoms with E-state index >= 15 is 0 Å². The molecule has 1 amide bonds. The summed E-state index contributed by atoms with van der Waals surface area (Å²) in [5, 5.41) is 9.24. The standard InChI is InChI=1S/C20H27N5O3.HI/c1-21-20(23-13-19(26)22-12-16-6-5-11-28-16)24-15-9-10-25(14-15)17-7-3-4-8-18(17)27-2;/h3-8,11,15H,9-10,12-14H2,1-2H3,(H,22,26)(H2,21,23,24);1H. The number of nitrogens with zero attached hydrogens (tertiary/aromatic N) is 2. The number of carbonyl (C=O) groups excluding carboxylic acids is 1. The number of hydrogen-bond donors (Lipinski definition) is 3. The molecule has 3 rings (SSSR count). The van der Waals surface area contributed by atoms with Crippen LogP contribution in [0, 0.1) is 0 Å². The van der Waals surface area contributed by atoms with Crippen LogP contribution in [0.1, 0.15) is 12.2 Å². The molecule has 3 N–H and O–H groups in total.